The summed E-state index contributed by atoms with van der Waals surface area (Å²) >= 11 is 1.44. The van der Waals surface area contributed by atoms with Gasteiger partial charge in [0, 0.05) is 17.1 Å². The molecule has 3 aromatic heterocycles. The summed E-state index contributed by atoms with van der Waals surface area (Å²) in [6.07, 6.45) is 1.57. The Bertz CT molecular complexity index is 1170. The highest BCUT2D eigenvalue weighted by Crippen LogP contribution is 2.24. The van der Waals surface area contributed by atoms with Gasteiger partial charge in [-0.3, -0.25) is 4.79 Å². The molecule has 0 unspecified atom stereocenters. The van der Waals surface area contributed by atoms with Crippen molar-refractivity contribution in [3.63, 3.8) is 0 Å². The Labute approximate surface area is 184 Å². The maximum atomic E-state index is 12.9. The summed E-state index contributed by atoms with van der Waals surface area (Å²) in [6, 6.07) is 13.4. The zero-order valence-electron chi connectivity index (χ0n) is 17.5. The number of nitrogens with zero attached hydrogens (tertiary/aromatic N) is 5. The Balaban J connectivity index is 1.62. The standard InChI is InChI=1S/C22H22N6O2S/c1-14-6-8-17(9-7-14)28-19(13-31-22-24-15(2)11-16(3)25-22)20(26-27-28)21(29)23-12-18-5-4-10-30-18/h4-11H,12-13H2,1-3H3,(H,23,29). The highest BCUT2D eigenvalue weighted by Gasteiger charge is 2.21. The molecule has 1 N–H and O–H groups in total. The first-order valence-electron chi connectivity index (χ1n) is 9.77. The molecule has 158 valence electrons. The van der Waals surface area contributed by atoms with E-state index >= 15 is 0 Å². The monoisotopic (exact) mass is 434 g/mol. The third-order valence-electron chi connectivity index (χ3n) is 4.56. The second-order valence-corrected chi connectivity index (χ2v) is 8.06. The van der Waals surface area contributed by atoms with Gasteiger partial charge < -0.3 is 9.73 Å². The first-order valence-corrected chi connectivity index (χ1v) is 10.8. The average molecular weight is 435 g/mol. The molecule has 0 spiro atoms. The van der Waals surface area contributed by atoms with Crippen LogP contribution in [0.5, 0.6) is 0 Å². The lowest BCUT2D eigenvalue weighted by Gasteiger charge is -2.09. The van der Waals surface area contributed by atoms with Gasteiger partial charge in [-0.05, 0) is 51.1 Å². The zero-order chi connectivity index (χ0) is 21.8. The van der Waals surface area contributed by atoms with E-state index in [1.54, 1.807) is 23.1 Å². The number of hydrogen-bond acceptors (Lipinski definition) is 7. The van der Waals surface area contributed by atoms with Crippen LogP contribution in [0.2, 0.25) is 0 Å². The first-order chi connectivity index (χ1) is 15.0. The number of benzene rings is 1. The van der Waals surface area contributed by atoms with Crippen LogP contribution in [0.1, 0.15) is 38.9 Å². The lowest BCUT2D eigenvalue weighted by Crippen LogP contribution is -2.24. The number of thioether (sulfide) groups is 1. The minimum atomic E-state index is -0.313. The van der Waals surface area contributed by atoms with Crippen molar-refractivity contribution in [3.05, 3.63) is 82.8 Å². The van der Waals surface area contributed by atoms with Crippen molar-refractivity contribution in [2.75, 3.05) is 0 Å². The van der Waals surface area contributed by atoms with E-state index in [0.717, 1.165) is 22.6 Å². The molecule has 0 aliphatic carbocycles. The summed E-state index contributed by atoms with van der Waals surface area (Å²) in [6.45, 7) is 6.16. The van der Waals surface area contributed by atoms with Crippen LogP contribution in [0.4, 0.5) is 0 Å². The summed E-state index contributed by atoms with van der Waals surface area (Å²) in [5, 5.41) is 11.9. The fourth-order valence-corrected chi connectivity index (χ4v) is 4.00. The number of carbonyl (C=O) groups is 1. The lowest BCUT2D eigenvalue weighted by molar-refractivity contribution is 0.0942. The Morgan fingerprint density at radius 1 is 1.10 bits per heavy atom. The van der Waals surface area contributed by atoms with Gasteiger partial charge in [0.2, 0.25) is 0 Å². The molecular weight excluding hydrogens is 412 g/mol. The fourth-order valence-electron chi connectivity index (χ4n) is 3.06. The van der Waals surface area contributed by atoms with E-state index in [0.29, 0.717) is 22.4 Å². The normalized spacial score (nSPS) is 10.9. The molecule has 1 amide bonds. The summed E-state index contributed by atoms with van der Waals surface area (Å²) in [5.74, 6) is 0.790. The number of amides is 1. The van der Waals surface area contributed by atoms with Crippen molar-refractivity contribution in [2.45, 2.75) is 38.2 Å². The van der Waals surface area contributed by atoms with Crippen molar-refractivity contribution in [2.24, 2.45) is 0 Å². The van der Waals surface area contributed by atoms with Crippen LogP contribution < -0.4 is 5.32 Å². The van der Waals surface area contributed by atoms with E-state index in [4.69, 9.17) is 4.42 Å². The molecule has 4 rings (SSSR count). The van der Waals surface area contributed by atoms with Gasteiger partial charge in [0.25, 0.3) is 5.91 Å². The summed E-state index contributed by atoms with van der Waals surface area (Å²) < 4.78 is 6.98. The molecule has 0 bridgehead atoms. The van der Waals surface area contributed by atoms with E-state index < -0.39 is 0 Å². The predicted molar refractivity (Wildman–Crippen MR) is 117 cm³/mol. The van der Waals surface area contributed by atoms with Crippen LogP contribution in [0, 0.1) is 20.8 Å². The van der Waals surface area contributed by atoms with Crippen molar-refractivity contribution in [1.82, 2.24) is 30.3 Å². The molecule has 9 heteroatoms. The Morgan fingerprint density at radius 2 is 1.84 bits per heavy atom. The highest BCUT2D eigenvalue weighted by molar-refractivity contribution is 7.98. The number of rotatable bonds is 7. The summed E-state index contributed by atoms with van der Waals surface area (Å²) in [4.78, 5) is 21.8. The minimum absolute atomic E-state index is 0.268. The minimum Gasteiger partial charge on any atom is -0.467 e. The van der Waals surface area contributed by atoms with Gasteiger partial charge in [-0.25, -0.2) is 14.6 Å². The van der Waals surface area contributed by atoms with Gasteiger partial charge in [0.1, 0.15) is 5.76 Å². The van der Waals surface area contributed by atoms with Gasteiger partial charge in [-0.2, -0.15) is 0 Å². The second-order valence-electron chi connectivity index (χ2n) is 7.12. The van der Waals surface area contributed by atoms with Gasteiger partial charge in [-0.15, -0.1) is 5.10 Å². The number of carbonyl (C=O) groups excluding carboxylic acids is 1. The third kappa shape index (κ3) is 5.00. The molecule has 0 aliphatic rings. The van der Waals surface area contributed by atoms with Crippen LogP contribution in [-0.2, 0) is 12.3 Å². The molecular formula is C22H22N6O2S. The average Bonchev–Trinajstić information content (AvgIpc) is 3.40. The number of nitrogens with one attached hydrogen (secondary N) is 1. The summed E-state index contributed by atoms with van der Waals surface area (Å²) in [7, 11) is 0. The van der Waals surface area contributed by atoms with Crippen molar-refractivity contribution >= 4 is 17.7 Å². The molecule has 0 radical (unpaired) electrons. The largest absolute Gasteiger partial charge is 0.467 e. The predicted octanol–water partition coefficient (Wildman–Crippen LogP) is 3.80. The van der Waals surface area contributed by atoms with E-state index in [2.05, 4.69) is 25.6 Å². The Morgan fingerprint density at radius 3 is 2.52 bits per heavy atom. The summed E-state index contributed by atoms with van der Waals surface area (Å²) in [5.41, 5.74) is 4.71. The van der Waals surface area contributed by atoms with Gasteiger partial charge in [-0.1, -0.05) is 34.7 Å². The Kier molecular flexibility index (Phi) is 6.13. The fraction of sp³-hybridized carbons (Fsp3) is 0.227. The molecule has 3 heterocycles. The smallest absolute Gasteiger partial charge is 0.274 e. The van der Waals surface area contributed by atoms with E-state index in [9.17, 15) is 4.79 Å². The van der Waals surface area contributed by atoms with Crippen LogP contribution in [0.15, 0.2) is 58.3 Å². The van der Waals surface area contributed by atoms with Crippen LogP contribution >= 0.6 is 11.8 Å². The van der Waals surface area contributed by atoms with E-state index in [-0.39, 0.29) is 18.1 Å². The zero-order valence-corrected chi connectivity index (χ0v) is 18.3. The van der Waals surface area contributed by atoms with Gasteiger partial charge in [0.15, 0.2) is 10.9 Å². The van der Waals surface area contributed by atoms with E-state index in [1.807, 2.05) is 51.1 Å². The quantitative estimate of drug-likeness (QED) is 0.349. The number of furan rings is 1. The molecule has 0 aliphatic heterocycles. The number of aryl methyl sites for hydroxylation is 3. The first kappa shape index (κ1) is 20.8. The number of aromatic nitrogens is 5. The maximum absolute atomic E-state index is 12.9. The molecule has 31 heavy (non-hydrogen) atoms. The van der Waals surface area contributed by atoms with Gasteiger partial charge >= 0.3 is 0 Å². The van der Waals surface area contributed by atoms with Crippen LogP contribution in [-0.4, -0.2) is 30.9 Å². The van der Waals surface area contributed by atoms with Gasteiger partial charge in [0.05, 0.1) is 24.2 Å². The van der Waals surface area contributed by atoms with Crippen LogP contribution in [0.25, 0.3) is 5.69 Å². The maximum Gasteiger partial charge on any atom is 0.274 e. The second kappa shape index (κ2) is 9.13. The highest BCUT2D eigenvalue weighted by atomic mass is 32.2. The molecule has 8 nitrogen and oxygen atoms in total. The van der Waals surface area contributed by atoms with Crippen molar-refractivity contribution in [3.8, 4) is 5.69 Å². The molecule has 0 fully saturated rings. The van der Waals surface area contributed by atoms with Crippen LogP contribution in [0.3, 0.4) is 0 Å². The van der Waals surface area contributed by atoms with E-state index in [1.165, 1.54) is 11.8 Å². The van der Waals surface area contributed by atoms with Crippen molar-refractivity contribution < 1.29 is 9.21 Å². The molecule has 1 aromatic carbocycles. The molecule has 0 saturated heterocycles. The lowest BCUT2D eigenvalue weighted by atomic mass is 10.2. The molecule has 0 atom stereocenters. The molecule has 0 saturated carbocycles. The Hall–Kier alpha value is -3.46. The third-order valence-corrected chi connectivity index (χ3v) is 5.42. The topological polar surface area (TPSA) is 98.7 Å². The number of hydrogen-bond donors (Lipinski definition) is 1. The molecule has 4 aromatic rings. The van der Waals surface area contributed by atoms with Crippen molar-refractivity contribution in [1.29, 1.82) is 0 Å². The SMILES string of the molecule is Cc1ccc(-n2nnc(C(=O)NCc3ccco3)c2CSc2nc(C)cc(C)n2)cc1.